The van der Waals surface area contributed by atoms with E-state index in [4.69, 9.17) is 4.74 Å². The number of hydrogen-bond acceptors (Lipinski definition) is 3. The Bertz CT molecular complexity index is 803. The van der Waals surface area contributed by atoms with E-state index in [1.165, 1.54) is 36.0 Å². The van der Waals surface area contributed by atoms with Crippen molar-refractivity contribution in [2.24, 2.45) is 0 Å². The van der Waals surface area contributed by atoms with Gasteiger partial charge in [-0.2, -0.15) is 0 Å². The van der Waals surface area contributed by atoms with Gasteiger partial charge in [0, 0.05) is 12.6 Å². The van der Waals surface area contributed by atoms with Gasteiger partial charge in [-0.1, -0.05) is 26.2 Å². The van der Waals surface area contributed by atoms with E-state index in [0.717, 1.165) is 36.0 Å². The molecule has 0 radical (unpaired) electrons. The Hall–Kier alpha value is -1.84. The molecule has 1 fully saturated rings. The SMILES string of the molecule is CCOC(=O)Cc1c(C)c2c(c(C)c1CC)CN(C1CCCCC1)C(=O)C2(C)C. The highest BCUT2D eigenvalue weighted by molar-refractivity contribution is 5.91. The summed E-state index contributed by atoms with van der Waals surface area (Å²) in [5, 5.41) is 0. The summed E-state index contributed by atoms with van der Waals surface area (Å²) in [6, 6.07) is 0.368. The number of amides is 1. The largest absolute Gasteiger partial charge is 0.466 e. The lowest BCUT2D eigenvalue weighted by atomic mass is 9.70. The Morgan fingerprint density at radius 3 is 2.31 bits per heavy atom. The van der Waals surface area contributed by atoms with Gasteiger partial charge < -0.3 is 9.64 Å². The van der Waals surface area contributed by atoms with Gasteiger partial charge in [-0.25, -0.2) is 0 Å². The van der Waals surface area contributed by atoms with Gasteiger partial charge in [0.1, 0.15) is 0 Å². The molecule has 3 rings (SSSR count). The average Bonchev–Trinajstić information content (AvgIpc) is 2.69. The zero-order valence-corrected chi connectivity index (χ0v) is 19.1. The fraction of sp³-hybridized carbons (Fsp3) is 0.680. The van der Waals surface area contributed by atoms with Crippen LogP contribution < -0.4 is 0 Å². The molecule has 29 heavy (non-hydrogen) atoms. The van der Waals surface area contributed by atoms with Crippen LogP contribution in [-0.4, -0.2) is 29.4 Å². The molecule has 0 atom stereocenters. The first kappa shape index (κ1) is 21.9. The van der Waals surface area contributed by atoms with Crippen molar-refractivity contribution >= 4 is 11.9 Å². The second kappa shape index (κ2) is 8.49. The lowest BCUT2D eigenvalue weighted by molar-refractivity contribution is -0.142. The summed E-state index contributed by atoms with van der Waals surface area (Å²) >= 11 is 0. The Kier molecular flexibility index (Phi) is 6.40. The van der Waals surface area contributed by atoms with E-state index in [2.05, 4.69) is 39.5 Å². The molecule has 0 aromatic heterocycles. The molecule has 1 heterocycles. The minimum absolute atomic E-state index is 0.187. The first-order chi connectivity index (χ1) is 13.7. The first-order valence-electron chi connectivity index (χ1n) is 11.3. The van der Waals surface area contributed by atoms with Crippen LogP contribution in [0.4, 0.5) is 0 Å². The zero-order valence-electron chi connectivity index (χ0n) is 19.1. The zero-order chi connectivity index (χ0) is 21.3. The molecule has 0 unspecified atom stereocenters. The molecule has 1 amide bonds. The third-order valence-corrected chi connectivity index (χ3v) is 7.14. The molecular formula is C25H37NO3. The number of hydrogen-bond donors (Lipinski definition) is 0. The molecule has 0 saturated heterocycles. The normalized spacial score (nSPS) is 19.2. The van der Waals surface area contributed by atoms with Crippen LogP contribution in [0.2, 0.25) is 0 Å². The van der Waals surface area contributed by atoms with Gasteiger partial charge in [0.2, 0.25) is 5.91 Å². The van der Waals surface area contributed by atoms with Crippen LogP contribution in [0.1, 0.15) is 93.2 Å². The predicted molar refractivity (Wildman–Crippen MR) is 116 cm³/mol. The minimum Gasteiger partial charge on any atom is -0.466 e. The average molecular weight is 400 g/mol. The van der Waals surface area contributed by atoms with E-state index in [1.807, 2.05) is 6.92 Å². The highest BCUT2D eigenvalue weighted by Crippen LogP contribution is 2.43. The molecule has 2 aliphatic rings. The van der Waals surface area contributed by atoms with Crippen molar-refractivity contribution in [2.75, 3.05) is 6.61 Å². The molecule has 1 saturated carbocycles. The summed E-state index contributed by atoms with van der Waals surface area (Å²) in [5.74, 6) is 0.0548. The van der Waals surface area contributed by atoms with E-state index in [0.29, 0.717) is 19.2 Å². The summed E-state index contributed by atoms with van der Waals surface area (Å²) < 4.78 is 5.24. The van der Waals surface area contributed by atoms with Gasteiger partial charge in [-0.05, 0) is 87.3 Å². The Morgan fingerprint density at radius 1 is 1.07 bits per heavy atom. The van der Waals surface area contributed by atoms with Gasteiger partial charge in [0.25, 0.3) is 0 Å². The van der Waals surface area contributed by atoms with E-state index in [-0.39, 0.29) is 18.3 Å². The fourth-order valence-electron chi connectivity index (χ4n) is 5.71. The second-order valence-corrected chi connectivity index (χ2v) is 9.25. The van der Waals surface area contributed by atoms with Crippen molar-refractivity contribution in [1.29, 1.82) is 0 Å². The maximum atomic E-state index is 13.6. The van der Waals surface area contributed by atoms with Crippen LogP contribution in [0, 0.1) is 13.8 Å². The molecule has 1 aliphatic carbocycles. The van der Waals surface area contributed by atoms with Crippen LogP contribution in [0.3, 0.4) is 0 Å². The molecule has 1 aromatic carbocycles. The quantitative estimate of drug-likeness (QED) is 0.660. The highest BCUT2D eigenvalue weighted by Gasteiger charge is 2.44. The molecule has 0 bridgehead atoms. The summed E-state index contributed by atoms with van der Waals surface area (Å²) in [6.07, 6.45) is 7.14. The Balaban J connectivity index is 2.12. The van der Waals surface area contributed by atoms with Crippen molar-refractivity contribution < 1.29 is 14.3 Å². The number of carbonyl (C=O) groups excluding carboxylic acids is 2. The molecule has 4 heteroatoms. The molecule has 1 aromatic rings. The number of fused-ring (bicyclic) bond motifs is 1. The molecular weight excluding hydrogens is 362 g/mol. The highest BCUT2D eigenvalue weighted by atomic mass is 16.5. The van der Waals surface area contributed by atoms with Crippen LogP contribution in [0.5, 0.6) is 0 Å². The maximum Gasteiger partial charge on any atom is 0.310 e. The fourth-order valence-corrected chi connectivity index (χ4v) is 5.71. The summed E-state index contributed by atoms with van der Waals surface area (Å²) in [6.45, 7) is 13.5. The third-order valence-electron chi connectivity index (χ3n) is 7.14. The van der Waals surface area contributed by atoms with Gasteiger partial charge in [-0.15, -0.1) is 0 Å². The van der Waals surface area contributed by atoms with Gasteiger partial charge in [0.05, 0.1) is 18.4 Å². The standard InChI is InChI=1S/C25H37NO3/c1-7-19-16(3)21-15-26(18-12-10-9-11-13-18)24(28)25(5,6)23(21)17(4)20(19)14-22(27)29-8-2/h18H,7-15H2,1-6H3. The molecule has 0 N–H and O–H groups in total. The monoisotopic (exact) mass is 399 g/mol. The van der Waals surface area contributed by atoms with Crippen molar-refractivity contribution in [3.8, 4) is 0 Å². The number of carbonyl (C=O) groups is 2. The summed E-state index contributed by atoms with van der Waals surface area (Å²) in [5.41, 5.74) is 6.56. The van der Waals surface area contributed by atoms with Gasteiger partial charge in [-0.3, -0.25) is 9.59 Å². The van der Waals surface area contributed by atoms with E-state index >= 15 is 0 Å². The lowest BCUT2D eigenvalue weighted by Crippen LogP contribution is -2.53. The summed E-state index contributed by atoms with van der Waals surface area (Å²) in [7, 11) is 0. The van der Waals surface area contributed by atoms with E-state index < -0.39 is 5.41 Å². The molecule has 4 nitrogen and oxygen atoms in total. The topological polar surface area (TPSA) is 46.6 Å². The second-order valence-electron chi connectivity index (χ2n) is 9.25. The van der Waals surface area contributed by atoms with Crippen molar-refractivity contribution in [3.05, 3.63) is 33.4 Å². The van der Waals surface area contributed by atoms with E-state index in [9.17, 15) is 9.59 Å². The van der Waals surface area contributed by atoms with Crippen LogP contribution in [0.25, 0.3) is 0 Å². The summed E-state index contributed by atoms with van der Waals surface area (Å²) in [4.78, 5) is 28.1. The van der Waals surface area contributed by atoms with Crippen LogP contribution in [-0.2, 0) is 39.1 Å². The Labute approximate surface area is 176 Å². The third kappa shape index (κ3) is 3.83. The van der Waals surface area contributed by atoms with Crippen LogP contribution in [0.15, 0.2) is 0 Å². The van der Waals surface area contributed by atoms with Crippen molar-refractivity contribution in [3.63, 3.8) is 0 Å². The number of nitrogens with zero attached hydrogens (tertiary/aromatic N) is 1. The molecule has 160 valence electrons. The molecule has 0 spiro atoms. The van der Waals surface area contributed by atoms with E-state index in [1.54, 1.807) is 0 Å². The predicted octanol–water partition coefficient (Wildman–Crippen LogP) is 4.92. The Morgan fingerprint density at radius 2 is 1.72 bits per heavy atom. The van der Waals surface area contributed by atoms with Crippen molar-refractivity contribution in [1.82, 2.24) is 4.90 Å². The number of ether oxygens (including phenoxy) is 1. The maximum absolute atomic E-state index is 13.6. The smallest absolute Gasteiger partial charge is 0.310 e. The van der Waals surface area contributed by atoms with Crippen LogP contribution >= 0.6 is 0 Å². The van der Waals surface area contributed by atoms with Crippen molar-refractivity contribution in [2.45, 2.75) is 104 Å². The minimum atomic E-state index is -0.574. The number of esters is 1. The van der Waals surface area contributed by atoms with Gasteiger partial charge >= 0.3 is 5.97 Å². The number of benzene rings is 1. The number of rotatable bonds is 5. The van der Waals surface area contributed by atoms with Gasteiger partial charge in [0.15, 0.2) is 0 Å². The lowest BCUT2D eigenvalue weighted by Gasteiger charge is -2.46. The first-order valence-corrected chi connectivity index (χ1v) is 11.3. The molecule has 1 aliphatic heterocycles.